The van der Waals surface area contributed by atoms with Gasteiger partial charge in [-0.05, 0) is 25.1 Å². The maximum absolute atomic E-state index is 13.3. The topological polar surface area (TPSA) is 119 Å². The van der Waals surface area contributed by atoms with Gasteiger partial charge in [0.15, 0.2) is 5.13 Å². The molecule has 5 rings (SSSR count). The highest BCUT2D eigenvalue weighted by Crippen LogP contribution is 2.28. The zero-order chi connectivity index (χ0) is 23.7. The van der Waals surface area contributed by atoms with Gasteiger partial charge in [-0.3, -0.25) is 14.9 Å². The normalized spacial score (nSPS) is 10.9. The number of rotatable bonds is 6. The van der Waals surface area contributed by atoms with Gasteiger partial charge in [-0.25, -0.2) is 9.67 Å². The first-order valence-corrected chi connectivity index (χ1v) is 11.3. The first-order chi connectivity index (χ1) is 16.5. The van der Waals surface area contributed by atoms with E-state index >= 15 is 0 Å². The number of H-pyrrole nitrogens is 1. The fraction of sp³-hybridized carbons (Fsp3) is 0.0400. The van der Waals surface area contributed by atoms with E-state index in [2.05, 4.69) is 15.3 Å². The molecule has 2 amide bonds. The number of nitrogens with zero attached hydrogens (tertiary/aromatic N) is 3. The molecule has 0 saturated heterocycles. The van der Waals surface area contributed by atoms with E-state index in [1.807, 2.05) is 61.5 Å². The molecule has 0 aliphatic carbocycles. The average molecular weight is 469 g/mol. The first kappa shape index (κ1) is 21.4. The Kier molecular flexibility index (Phi) is 5.52. The minimum Gasteiger partial charge on any atom is -0.364 e. The van der Waals surface area contributed by atoms with Crippen LogP contribution in [0.3, 0.4) is 0 Å². The van der Waals surface area contributed by atoms with Crippen LogP contribution in [0.15, 0.2) is 78.4 Å². The second-order valence-corrected chi connectivity index (χ2v) is 8.55. The summed E-state index contributed by atoms with van der Waals surface area (Å²) in [6, 6.07) is 19.1. The lowest BCUT2D eigenvalue weighted by Crippen LogP contribution is -2.12. The number of anilines is 1. The number of thiazole rings is 1. The molecule has 0 aliphatic heterocycles. The Balaban J connectivity index is 1.46. The molecule has 2 aromatic carbocycles. The van der Waals surface area contributed by atoms with E-state index in [1.165, 1.54) is 11.3 Å². The number of aryl methyl sites for hydroxylation is 1. The Hall–Kier alpha value is -4.50. The molecule has 0 radical (unpaired) electrons. The maximum atomic E-state index is 13.3. The molecule has 0 atom stereocenters. The fourth-order valence-corrected chi connectivity index (χ4v) is 4.21. The monoisotopic (exact) mass is 468 g/mol. The van der Waals surface area contributed by atoms with Crippen LogP contribution in [0, 0.1) is 6.92 Å². The summed E-state index contributed by atoms with van der Waals surface area (Å²) in [5.41, 5.74) is 10.8. The molecular formula is C25H20N6O2S. The fourth-order valence-electron chi connectivity index (χ4n) is 3.49. The standard InChI is InChI=1S/C25H20N6O2S/c1-15-7-9-16(10-8-15)22-19(13-31(30-22)18-5-3-2-4-6-18)24(33)29-25-28-21(14-34-25)17-11-20(23(26)32)27-12-17/h2-14,27H,1H3,(H2,26,32)(H,28,29,33). The molecule has 34 heavy (non-hydrogen) atoms. The number of nitrogens with two attached hydrogens (primary N) is 1. The highest BCUT2D eigenvalue weighted by Gasteiger charge is 2.20. The summed E-state index contributed by atoms with van der Waals surface area (Å²) in [6.07, 6.45) is 3.37. The zero-order valence-corrected chi connectivity index (χ0v) is 19.0. The van der Waals surface area contributed by atoms with Gasteiger partial charge in [0.05, 0.1) is 16.9 Å². The number of nitrogens with one attached hydrogen (secondary N) is 2. The number of benzene rings is 2. The van der Waals surface area contributed by atoms with Gasteiger partial charge < -0.3 is 10.7 Å². The lowest BCUT2D eigenvalue weighted by Gasteiger charge is -2.03. The Morgan fingerprint density at radius 1 is 1.06 bits per heavy atom. The van der Waals surface area contributed by atoms with Gasteiger partial charge in [0, 0.05) is 28.9 Å². The average Bonchev–Trinajstić information content (AvgIpc) is 3.59. The van der Waals surface area contributed by atoms with Crippen molar-refractivity contribution in [1.29, 1.82) is 0 Å². The number of hydrogen-bond acceptors (Lipinski definition) is 5. The van der Waals surface area contributed by atoms with E-state index < -0.39 is 5.91 Å². The number of para-hydroxylation sites is 1. The van der Waals surface area contributed by atoms with Crippen LogP contribution in [-0.2, 0) is 0 Å². The van der Waals surface area contributed by atoms with Crippen molar-refractivity contribution in [3.63, 3.8) is 0 Å². The predicted molar refractivity (Wildman–Crippen MR) is 132 cm³/mol. The third kappa shape index (κ3) is 4.24. The molecule has 5 aromatic rings. The molecule has 9 heteroatoms. The van der Waals surface area contributed by atoms with Gasteiger partial charge in [0.2, 0.25) is 0 Å². The van der Waals surface area contributed by atoms with Crippen LogP contribution in [0.4, 0.5) is 5.13 Å². The number of amides is 2. The van der Waals surface area contributed by atoms with Gasteiger partial charge in [0.25, 0.3) is 11.8 Å². The third-order valence-electron chi connectivity index (χ3n) is 5.27. The molecule has 0 fully saturated rings. The van der Waals surface area contributed by atoms with Crippen molar-refractivity contribution in [3.05, 3.63) is 95.3 Å². The Labute approximate surface area is 199 Å². The van der Waals surface area contributed by atoms with Crippen LogP contribution in [0.1, 0.15) is 26.4 Å². The largest absolute Gasteiger partial charge is 0.364 e. The third-order valence-corrected chi connectivity index (χ3v) is 6.03. The summed E-state index contributed by atoms with van der Waals surface area (Å²) >= 11 is 1.29. The predicted octanol–water partition coefficient (Wildman–Crippen LogP) is 4.65. The van der Waals surface area contributed by atoms with Crippen LogP contribution in [0.2, 0.25) is 0 Å². The van der Waals surface area contributed by atoms with Crippen molar-refractivity contribution < 1.29 is 9.59 Å². The lowest BCUT2D eigenvalue weighted by atomic mass is 10.1. The smallest absolute Gasteiger partial charge is 0.265 e. The van der Waals surface area contributed by atoms with Crippen molar-refractivity contribution >= 4 is 28.3 Å². The van der Waals surface area contributed by atoms with Gasteiger partial charge in [-0.2, -0.15) is 5.10 Å². The van der Waals surface area contributed by atoms with Crippen LogP contribution < -0.4 is 11.1 Å². The maximum Gasteiger partial charge on any atom is 0.265 e. The number of aromatic nitrogens is 4. The van der Waals surface area contributed by atoms with Gasteiger partial charge in [-0.15, -0.1) is 11.3 Å². The number of carbonyl (C=O) groups excluding carboxylic acids is 2. The number of carbonyl (C=O) groups is 2. The summed E-state index contributed by atoms with van der Waals surface area (Å²) in [5.74, 6) is -0.861. The van der Waals surface area contributed by atoms with Crippen molar-refractivity contribution in [3.8, 4) is 28.2 Å². The quantitative estimate of drug-likeness (QED) is 0.336. The van der Waals surface area contributed by atoms with Crippen molar-refractivity contribution in [2.75, 3.05) is 5.32 Å². The summed E-state index contributed by atoms with van der Waals surface area (Å²) in [5, 5.41) is 9.82. The van der Waals surface area contributed by atoms with Gasteiger partial charge in [0.1, 0.15) is 11.4 Å². The molecule has 0 bridgehead atoms. The summed E-state index contributed by atoms with van der Waals surface area (Å²) in [7, 11) is 0. The summed E-state index contributed by atoms with van der Waals surface area (Å²) in [6.45, 7) is 2.01. The molecule has 168 valence electrons. The first-order valence-electron chi connectivity index (χ1n) is 10.5. The van der Waals surface area contributed by atoms with Gasteiger partial charge >= 0.3 is 0 Å². The van der Waals surface area contributed by atoms with E-state index in [4.69, 9.17) is 10.8 Å². The van der Waals surface area contributed by atoms with Crippen molar-refractivity contribution in [2.24, 2.45) is 5.73 Å². The van der Waals surface area contributed by atoms with Crippen LogP contribution in [-0.4, -0.2) is 31.6 Å². The summed E-state index contributed by atoms with van der Waals surface area (Å²) < 4.78 is 1.70. The van der Waals surface area contributed by atoms with Crippen LogP contribution in [0.5, 0.6) is 0 Å². The highest BCUT2D eigenvalue weighted by atomic mass is 32.1. The molecular weight excluding hydrogens is 448 g/mol. The second kappa shape index (κ2) is 8.80. The Bertz CT molecular complexity index is 1480. The van der Waals surface area contributed by atoms with Gasteiger partial charge in [-0.1, -0.05) is 48.0 Å². The number of primary amides is 1. The van der Waals surface area contributed by atoms with E-state index in [9.17, 15) is 9.59 Å². The lowest BCUT2D eigenvalue weighted by molar-refractivity contribution is 0.0994. The van der Waals surface area contributed by atoms with Crippen LogP contribution >= 0.6 is 11.3 Å². The zero-order valence-electron chi connectivity index (χ0n) is 18.1. The minimum absolute atomic E-state index is 0.296. The Morgan fingerprint density at radius 2 is 1.82 bits per heavy atom. The molecule has 8 nitrogen and oxygen atoms in total. The van der Waals surface area contributed by atoms with Crippen molar-refractivity contribution in [1.82, 2.24) is 19.7 Å². The van der Waals surface area contributed by atoms with Crippen LogP contribution in [0.25, 0.3) is 28.2 Å². The summed E-state index contributed by atoms with van der Waals surface area (Å²) in [4.78, 5) is 31.9. The van der Waals surface area contributed by atoms with E-state index in [1.54, 1.807) is 28.5 Å². The van der Waals surface area contributed by atoms with E-state index in [-0.39, 0.29) is 5.91 Å². The molecule has 3 heterocycles. The molecule has 4 N–H and O–H groups in total. The molecule has 0 aliphatic rings. The molecule has 3 aromatic heterocycles. The van der Waals surface area contributed by atoms with Crippen molar-refractivity contribution in [2.45, 2.75) is 6.92 Å². The SMILES string of the molecule is Cc1ccc(-c2nn(-c3ccccc3)cc2C(=O)Nc2nc(-c3c[nH]c(C(N)=O)c3)cs2)cc1. The number of hydrogen-bond donors (Lipinski definition) is 3. The number of aromatic amines is 1. The Morgan fingerprint density at radius 3 is 2.53 bits per heavy atom. The molecule has 0 spiro atoms. The second-order valence-electron chi connectivity index (χ2n) is 7.70. The molecule has 0 saturated carbocycles. The highest BCUT2D eigenvalue weighted by molar-refractivity contribution is 7.14. The van der Waals surface area contributed by atoms with E-state index in [0.29, 0.717) is 33.3 Å². The van der Waals surface area contributed by atoms with E-state index in [0.717, 1.165) is 16.8 Å². The minimum atomic E-state index is -0.547. The molecule has 0 unspecified atom stereocenters.